The van der Waals surface area contributed by atoms with Gasteiger partial charge in [-0.15, -0.1) is 11.3 Å². The van der Waals surface area contributed by atoms with E-state index in [4.69, 9.17) is 4.74 Å². The van der Waals surface area contributed by atoms with E-state index in [2.05, 4.69) is 10.3 Å². The SMILES string of the molecule is CO[C@H](C)c1nc(CNc2cc(F)c(F)cc2F)cs1. The van der Waals surface area contributed by atoms with Crippen LogP contribution in [0, 0.1) is 17.5 Å². The van der Waals surface area contributed by atoms with Crippen LogP contribution >= 0.6 is 11.3 Å². The number of nitrogens with one attached hydrogen (secondary N) is 1. The maximum absolute atomic E-state index is 13.4. The lowest BCUT2D eigenvalue weighted by Crippen LogP contribution is -2.04. The Morgan fingerprint density at radius 3 is 2.65 bits per heavy atom. The lowest BCUT2D eigenvalue weighted by atomic mass is 10.2. The molecule has 0 amide bonds. The van der Waals surface area contributed by atoms with Gasteiger partial charge in [-0.05, 0) is 6.92 Å². The summed E-state index contributed by atoms with van der Waals surface area (Å²) in [6.45, 7) is 2.08. The molecular formula is C13H13F3N2OS. The molecular weight excluding hydrogens is 289 g/mol. The molecule has 2 aromatic rings. The molecule has 108 valence electrons. The zero-order chi connectivity index (χ0) is 14.7. The number of aromatic nitrogens is 1. The first-order chi connectivity index (χ1) is 9.51. The molecule has 1 N–H and O–H groups in total. The third-order valence-electron chi connectivity index (χ3n) is 2.74. The van der Waals surface area contributed by atoms with Gasteiger partial charge in [0.1, 0.15) is 16.9 Å². The second-order valence-corrected chi connectivity index (χ2v) is 5.04. The first-order valence-corrected chi connectivity index (χ1v) is 6.74. The number of nitrogens with zero attached hydrogens (tertiary/aromatic N) is 1. The largest absolute Gasteiger partial charge is 0.377 e. The summed E-state index contributed by atoms with van der Waals surface area (Å²) in [5.74, 6) is -3.15. The van der Waals surface area contributed by atoms with Crippen LogP contribution in [0.1, 0.15) is 23.7 Å². The minimum absolute atomic E-state index is 0.0989. The van der Waals surface area contributed by atoms with E-state index in [0.717, 1.165) is 11.1 Å². The second kappa shape index (κ2) is 6.23. The standard InChI is InChI=1S/C13H13F3N2OS/c1-7(19-2)13-18-8(6-20-13)5-17-12-4-10(15)9(14)3-11(12)16/h3-4,6-7,17H,5H2,1-2H3/t7-/m1/s1. The van der Waals surface area contributed by atoms with Crippen LogP contribution in [0.4, 0.5) is 18.9 Å². The van der Waals surface area contributed by atoms with E-state index < -0.39 is 17.5 Å². The molecule has 1 aromatic heterocycles. The van der Waals surface area contributed by atoms with Crippen LogP contribution in [0.15, 0.2) is 17.5 Å². The molecule has 2 rings (SSSR count). The Morgan fingerprint density at radius 2 is 1.95 bits per heavy atom. The Hall–Kier alpha value is -1.60. The number of ether oxygens (including phenoxy) is 1. The van der Waals surface area contributed by atoms with Crippen molar-refractivity contribution < 1.29 is 17.9 Å². The molecule has 0 radical (unpaired) electrons. The fourth-order valence-corrected chi connectivity index (χ4v) is 2.39. The van der Waals surface area contributed by atoms with E-state index in [9.17, 15) is 13.2 Å². The predicted octanol–water partition coefficient (Wildman–Crippen LogP) is 3.88. The molecule has 0 saturated heterocycles. The minimum atomic E-state index is -1.21. The zero-order valence-corrected chi connectivity index (χ0v) is 11.7. The molecule has 7 heteroatoms. The molecule has 20 heavy (non-hydrogen) atoms. The van der Waals surface area contributed by atoms with Crippen molar-refractivity contribution in [2.45, 2.75) is 19.6 Å². The average Bonchev–Trinajstić information content (AvgIpc) is 2.89. The van der Waals surface area contributed by atoms with Gasteiger partial charge in [0.2, 0.25) is 0 Å². The number of anilines is 1. The van der Waals surface area contributed by atoms with Crippen LogP contribution in [-0.2, 0) is 11.3 Å². The van der Waals surface area contributed by atoms with Gasteiger partial charge in [0.25, 0.3) is 0 Å². The van der Waals surface area contributed by atoms with Gasteiger partial charge in [0.15, 0.2) is 11.6 Å². The molecule has 0 aliphatic rings. The Balaban J connectivity index is 2.05. The Morgan fingerprint density at radius 1 is 1.25 bits per heavy atom. The summed E-state index contributed by atoms with van der Waals surface area (Å²) < 4.78 is 44.4. The number of hydrogen-bond donors (Lipinski definition) is 1. The quantitative estimate of drug-likeness (QED) is 0.851. The molecule has 3 nitrogen and oxygen atoms in total. The van der Waals surface area contributed by atoms with Crippen molar-refractivity contribution in [2.24, 2.45) is 0 Å². The summed E-state index contributed by atoms with van der Waals surface area (Å²) in [6, 6.07) is 1.30. The van der Waals surface area contributed by atoms with Crippen LogP contribution in [-0.4, -0.2) is 12.1 Å². The van der Waals surface area contributed by atoms with E-state index >= 15 is 0 Å². The Labute approximate surface area is 118 Å². The Bertz CT molecular complexity index is 603. The Kier molecular flexibility index (Phi) is 4.61. The molecule has 1 heterocycles. The molecule has 0 aliphatic heterocycles. The van der Waals surface area contributed by atoms with Crippen LogP contribution in [0.3, 0.4) is 0 Å². The highest BCUT2D eigenvalue weighted by Crippen LogP contribution is 2.22. The number of benzene rings is 1. The van der Waals surface area contributed by atoms with Gasteiger partial charge in [-0.2, -0.15) is 0 Å². The van der Waals surface area contributed by atoms with Gasteiger partial charge in [-0.3, -0.25) is 0 Å². The fraction of sp³-hybridized carbons (Fsp3) is 0.308. The van der Waals surface area contributed by atoms with E-state index in [-0.39, 0.29) is 18.3 Å². The van der Waals surface area contributed by atoms with Crippen LogP contribution in [0.25, 0.3) is 0 Å². The van der Waals surface area contributed by atoms with E-state index in [0.29, 0.717) is 11.8 Å². The molecule has 0 saturated carbocycles. The smallest absolute Gasteiger partial charge is 0.161 e. The van der Waals surface area contributed by atoms with Gasteiger partial charge < -0.3 is 10.1 Å². The van der Waals surface area contributed by atoms with Crippen molar-refractivity contribution in [1.29, 1.82) is 0 Å². The maximum Gasteiger partial charge on any atom is 0.161 e. The number of rotatable bonds is 5. The highest BCUT2D eigenvalue weighted by molar-refractivity contribution is 7.09. The lowest BCUT2D eigenvalue weighted by Gasteiger charge is -2.07. The van der Waals surface area contributed by atoms with E-state index in [1.807, 2.05) is 6.92 Å². The fourth-order valence-electron chi connectivity index (χ4n) is 1.54. The van der Waals surface area contributed by atoms with Crippen molar-refractivity contribution in [1.82, 2.24) is 4.98 Å². The molecule has 0 bridgehead atoms. The van der Waals surface area contributed by atoms with Crippen LogP contribution < -0.4 is 5.32 Å². The average molecular weight is 302 g/mol. The number of methoxy groups -OCH3 is 1. The second-order valence-electron chi connectivity index (χ2n) is 4.15. The third kappa shape index (κ3) is 3.29. The summed E-state index contributed by atoms with van der Waals surface area (Å²) >= 11 is 1.42. The predicted molar refractivity (Wildman–Crippen MR) is 71.2 cm³/mol. The normalized spacial score (nSPS) is 12.4. The number of thiazole rings is 1. The van der Waals surface area contributed by atoms with Crippen molar-refractivity contribution >= 4 is 17.0 Å². The van der Waals surface area contributed by atoms with E-state index in [1.54, 1.807) is 12.5 Å². The summed E-state index contributed by atoms with van der Waals surface area (Å²) in [6.07, 6.45) is -0.117. The molecule has 1 atom stereocenters. The van der Waals surface area contributed by atoms with Gasteiger partial charge in [0, 0.05) is 24.6 Å². The summed E-state index contributed by atoms with van der Waals surface area (Å²) in [5, 5.41) is 5.29. The lowest BCUT2D eigenvalue weighted by molar-refractivity contribution is 0.119. The first-order valence-electron chi connectivity index (χ1n) is 5.86. The van der Waals surface area contributed by atoms with Crippen molar-refractivity contribution in [3.8, 4) is 0 Å². The molecule has 1 aromatic carbocycles. The summed E-state index contributed by atoms with van der Waals surface area (Å²) in [4.78, 5) is 4.31. The molecule has 0 fully saturated rings. The summed E-state index contributed by atoms with van der Waals surface area (Å²) in [5.41, 5.74) is 0.580. The summed E-state index contributed by atoms with van der Waals surface area (Å²) in [7, 11) is 1.58. The molecule has 0 aliphatic carbocycles. The minimum Gasteiger partial charge on any atom is -0.377 e. The van der Waals surface area contributed by atoms with Gasteiger partial charge in [0.05, 0.1) is 17.9 Å². The van der Waals surface area contributed by atoms with Crippen LogP contribution in [0.2, 0.25) is 0 Å². The van der Waals surface area contributed by atoms with Gasteiger partial charge >= 0.3 is 0 Å². The number of halogens is 3. The molecule has 0 unspecified atom stereocenters. The monoisotopic (exact) mass is 302 g/mol. The molecule has 0 spiro atoms. The third-order valence-corrected chi connectivity index (χ3v) is 3.80. The maximum atomic E-state index is 13.4. The van der Waals surface area contributed by atoms with Gasteiger partial charge in [-0.1, -0.05) is 0 Å². The number of hydrogen-bond acceptors (Lipinski definition) is 4. The van der Waals surface area contributed by atoms with Crippen molar-refractivity contribution in [2.75, 3.05) is 12.4 Å². The zero-order valence-electron chi connectivity index (χ0n) is 10.9. The van der Waals surface area contributed by atoms with Gasteiger partial charge in [-0.25, -0.2) is 18.2 Å². The van der Waals surface area contributed by atoms with E-state index in [1.165, 1.54) is 11.3 Å². The topological polar surface area (TPSA) is 34.1 Å². The highest BCUT2D eigenvalue weighted by atomic mass is 32.1. The van der Waals surface area contributed by atoms with Crippen molar-refractivity contribution in [3.63, 3.8) is 0 Å². The first kappa shape index (κ1) is 14.8. The van der Waals surface area contributed by atoms with Crippen LogP contribution in [0.5, 0.6) is 0 Å². The highest BCUT2D eigenvalue weighted by Gasteiger charge is 2.12. The van der Waals surface area contributed by atoms with Crippen molar-refractivity contribution in [3.05, 3.63) is 45.7 Å².